The number of benzene rings is 1. The number of rotatable bonds is 3. The molecule has 0 atom stereocenters. The summed E-state index contributed by atoms with van der Waals surface area (Å²) in [5, 5.41) is 12.2. The Labute approximate surface area is 174 Å². The summed E-state index contributed by atoms with van der Waals surface area (Å²) in [6.45, 7) is 2.02. The summed E-state index contributed by atoms with van der Waals surface area (Å²) >= 11 is 0. The van der Waals surface area contributed by atoms with Gasteiger partial charge in [-0.05, 0) is 24.3 Å². The van der Waals surface area contributed by atoms with E-state index in [1.54, 1.807) is 29.2 Å². The largest absolute Gasteiger partial charge is 0.471 e. The van der Waals surface area contributed by atoms with Crippen LogP contribution in [0.15, 0.2) is 47.1 Å². The van der Waals surface area contributed by atoms with E-state index in [1.807, 2.05) is 11.0 Å². The molecule has 0 unspecified atom stereocenters. The van der Waals surface area contributed by atoms with Crippen LogP contribution in [0.1, 0.15) is 21.8 Å². The monoisotopic (exact) mass is 428 g/mol. The number of nitriles is 1. The van der Waals surface area contributed by atoms with E-state index in [0.29, 0.717) is 37.3 Å². The highest BCUT2D eigenvalue weighted by atomic mass is 19.4. The van der Waals surface area contributed by atoms with E-state index in [0.717, 1.165) is 5.82 Å². The van der Waals surface area contributed by atoms with Crippen LogP contribution in [0.5, 0.6) is 0 Å². The molecule has 1 aliphatic heterocycles. The molecule has 1 aliphatic rings. The highest BCUT2D eigenvalue weighted by molar-refractivity contribution is 5.95. The maximum absolute atomic E-state index is 12.9. The molecule has 11 heteroatoms. The first-order valence-corrected chi connectivity index (χ1v) is 9.27. The molecule has 1 amide bonds. The average Bonchev–Trinajstić information content (AvgIpc) is 3.30. The van der Waals surface area contributed by atoms with Crippen molar-refractivity contribution in [3.63, 3.8) is 0 Å². The van der Waals surface area contributed by atoms with Crippen LogP contribution < -0.4 is 4.90 Å². The molecule has 2 aromatic heterocycles. The van der Waals surface area contributed by atoms with Crippen molar-refractivity contribution in [2.24, 2.45) is 0 Å². The summed E-state index contributed by atoms with van der Waals surface area (Å²) in [4.78, 5) is 24.2. The van der Waals surface area contributed by atoms with Crippen LogP contribution >= 0.6 is 0 Å². The number of aromatic nitrogens is 3. The number of amides is 1. The van der Waals surface area contributed by atoms with Crippen LogP contribution in [-0.4, -0.2) is 52.1 Å². The Morgan fingerprint density at radius 2 is 1.90 bits per heavy atom. The van der Waals surface area contributed by atoms with Crippen LogP contribution in [-0.2, 0) is 6.18 Å². The molecule has 0 aliphatic carbocycles. The smallest absolute Gasteiger partial charge is 0.353 e. The van der Waals surface area contributed by atoms with Gasteiger partial charge in [-0.2, -0.15) is 23.4 Å². The molecule has 1 saturated heterocycles. The third-order valence-corrected chi connectivity index (χ3v) is 4.80. The fourth-order valence-electron chi connectivity index (χ4n) is 3.21. The number of hydrogen-bond acceptors (Lipinski definition) is 7. The maximum Gasteiger partial charge on any atom is 0.471 e. The van der Waals surface area contributed by atoms with Crippen molar-refractivity contribution in [1.29, 1.82) is 5.26 Å². The minimum Gasteiger partial charge on any atom is -0.353 e. The lowest BCUT2D eigenvalue weighted by molar-refractivity contribution is -0.159. The van der Waals surface area contributed by atoms with E-state index in [-0.39, 0.29) is 17.3 Å². The first kappa shape index (κ1) is 20.3. The molecule has 3 aromatic rings. The van der Waals surface area contributed by atoms with E-state index in [9.17, 15) is 18.0 Å². The highest BCUT2D eigenvalue weighted by Gasteiger charge is 2.38. The molecule has 3 heterocycles. The number of nitrogens with zero attached hydrogens (tertiary/aromatic N) is 6. The number of alkyl halides is 3. The quantitative estimate of drug-likeness (QED) is 0.632. The zero-order valence-corrected chi connectivity index (χ0v) is 16.0. The molecule has 0 radical (unpaired) electrons. The Morgan fingerprint density at radius 1 is 1.13 bits per heavy atom. The van der Waals surface area contributed by atoms with Crippen LogP contribution in [0.2, 0.25) is 0 Å². The number of carbonyl (C=O) groups excluding carboxylic acids is 1. The minimum atomic E-state index is -4.73. The van der Waals surface area contributed by atoms with Crippen molar-refractivity contribution < 1.29 is 22.5 Å². The minimum absolute atomic E-state index is 0.237. The van der Waals surface area contributed by atoms with Crippen molar-refractivity contribution in [2.45, 2.75) is 6.18 Å². The molecule has 8 nitrogen and oxygen atoms in total. The summed E-state index contributed by atoms with van der Waals surface area (Å²) < 4.78 is 42.3. The van der Waals surface area contributed by atoms with Gasteiger partial charge in [-0.3, -0.25) is 4.79 Å². The van der Waals surface area contributed by atoms with E-state index >= 15 is 0 Å². The molecule has 4 rings (SSSR count). The zero-order chi connectivity index (χ0) is 22.0. The van der Waals surface area contributed by atoms with Crippen molar-refractivity contribution in [3.8, 4) is 17.5 Å². The molecule has 1 aromatic carbocycles. The third-order valence-electron chi connectivity index (χ3n) is 4.80. The van der Waals surface area contributed by atoms with Crippen LogP contribution in [0.3, 0.4) is 0 Å². The number of hydrogen-bond donors (Lipinski definition) is 0. The Kier molecular flexibility index (Phi) is 5.29. The molecule has 158 valence electrons. The van der Waals surface area contributed by atoms with Crippen LogP contribution in [0.4, 0.5) is 19.0 Å². The topological polar surface area (TPSA) is 99.2 Å². The van der Waals surface area contributed by atoms with Crippen LogP contribution in [0, 0.1) is 11.3 Å². The van der Waals surface area contributed by atoms with Crippen molar-refractivity contribution in [2.75, 3.05) is 31.1 Å². The van der Waals surface area contributed by atoms with Crippen molar-refractivity contribution >= 4 is 11.7 Å². The van der Waals surface area contributed by atoms with Gasteiger partial charge in [-0.15, -0.1) is 0 Å². The second kappa shape index (κ2) is 8.06. The lowest BCUT2D eigenvalue weighted by Gasteiger charge is -2.35. The summed E-state index contributed by atoms with van der Waals surface area (Å²) in [5.41, 5.74) is 1.05. The van der Waals surface area contributed by atoms with E-state index in [2.05, 4.69) is 19.6 Å². The molecule has 0 spiro atoms. The molecule has 31 heavy (non-hydrogen) atoms. The fraction of sp³-hybridized carbons (Fsp3) is 0.250. The summed E-state index contributed by atoms with van der Waals surface area (Å²) in [6, 6.07) is 11.6. The van der Waals surface area contributed by atoms with Gasteiger partial charge in [0.05, 0.1) is 5.56 Å². The van der Waals surface area contributed by atoms with Gasteiger partial charge in [-0.1, -0.05) is 17.3 Å². The van der Waals surface area contributed by atoms with Gasteiger partial charge in [0.25, 0.3) is 5.91 Å². The van der Waals surface area contributed by atoms with Crippen LogP contribution in [0.25, 0.3) is 11.4 Å². The molecular formula is C20H15F3N6O2. The summed E-state index contributed by atoms with van der Waals surface area (Å²) in [5.74, 6) is -1.19. The second-order valence-electron chi connectivity index (χ2n) is 6.80. The van der Waals surface area contributed by atoms with Gasteiger partial charge in [-0.25, -0.2) is 4.98 Å². The van der Waals surface area contributed by atoms with E-state index in [1.165, 1.54) is 18.3 Å². The van der Waals surface area contributed by atoms with E-state index < -0.39 is 12.1 Å². The number of anilines is 1. The zero-order valence-electron chi connectivity index (χ0n) is 16.0. The summed E-state index contributed by atoms with van der Waals surface area (Å²) in [6.07, 6.45) is -3.23. The predicted octanol–water partition coefficient (Wildman–Crippen LogP) is 2.98. The first-order chi connectivity index (χ1) is 14.8. The number of pyridine rings is 1. The van der Waals surface area contributed by atoms with Gasteiger partial charge >= 0.3 is 12.1 Å². The standard InChI is InChI=1S/C20H15F3N6O2/c21-20(22,23)19-26-17(27-31-19)14-2-1-3-15(10-14)18(30)29-8-6-28(7-9-29)16-5-4-13(11-24)12-25-16/h1-5,10,12H,6-9H2. The van der Waals surface area contributed by atoms with E-state index in [4.69, 9.17) is 5.26 Å². The first-order valence-electron chi connectivity index (χ1n) is 9.27. The molecular weight excluding hydrogens is 413 g/mol. The van der Waals surface area contributed by atoms with Gasteiger partial charge < -0.3 is 14.3 Å². The molecule has 0 N–H and O–H groups in total. The van der Waals surface area contributed by atoms with Gasteiger partial charge in [0.2, 0.25) is 5.82 Å². The lowest BCUT2D eigenvalue weighted by atomic mass is 10.1. The predicted molar refractivity (Wildman–Crippen MR) is 102 cm³/mol. The molecule has 0 saturated carbocycles. The Hall–Kier alpha value is -3.94. The maximum atomic E-state index is 12.9. The number of halogens is 3. The van der Waals surface area contributed by atoms with Gasteiger partial charge in [0.15, 0.2) is 0 Å². The van der Waals surface area contributed by atoms with Crippen molar-refractivity contribution in [3.05, 3.63) is 59.6 Å². The Bertz CT molecular complexity index is 1130. The SMILES string of the molecule is N#Cc1ccc(N2CCN(C(=O)c3cccc(-c4noc(C(F)(F)F)n4)c3)CC2)nc1. The highest BCUT2D eigenvalue weighted by Crippen LogP contribution is 2.29. The van der Waals surface area contributed by atoms with Gasteiger partial charge in [0.1, 0.15) is 11.9 Å². The van der Waals surface area contributed by atoms with Gasteiger partial charge in [0, 0.05) is 43.5 Å². The second-order valence-corrected chi connectivity index (χ2v) is 6.80. The molecule has 0 bridgehead atoms. The summed E-state index contributed by atoms with van der Waals surface area (Å²) in [7, 11) is 0. The fourth-order valence-corrected chi connectivity index (χ4v) is 3.21. The number of piperazine rings is 1. The average molecular weight is 428 g/mol. The Balaban J connectivity index is 1.44. The molecule has 1 fully saturated rings. The van der Waals surface area contributed by atoms with Crippen molar-refractivity contribution in [1.82, 2.24) is 20.0 Å². The Morgan fingerprint density at radius 3 is 2.52 bits per heavy atom. The normalized spacial score (nSPS) is 14.4. The lowest BCUT2D eigenvalue weighted by Crippen LogP contribution is -2.49. The number of carbonyl (C=O) groups is 1. The third kappa shape index (κ3) is 4.32.